The Bertz CT molecular complexity index is 963. The third-order valence-corrected chi connectivity index (χ3v) is 4.72. The van der Waals surface area contributed by atoms with Gasteiger partial charge in [-0.25, -0.2) is 9.80 Å². The van der Waals surface area contributed by atoms with E-state index >= 15 is 0 Å². The van der Waals surface area contributed by atoms with Crippen LogP contribution >= 0.6 is 11.3 Å². The van der Waals surface area contributed by atoms with Gasteiger partial charge in [0.1, 0.15) is 12.2 Å². The molecule has 0 atom stereocenters. The highest BCUT2D eigenvalue weighted by atomic mass is 32.1. The molecule has 0 spiro atoms. The zero-order valence-electron chi connectivity index (χ0n) is 13.7. The number of nitrogens with one attached hydrogen (secondary N) is 1. The molecule has 1 aliphatic heterocycles. The van der Waals surface area contributed by atoms with Gasteiger partial charge in [0.05, 0.1) is 17.6 Å². The summed E-state index contributed by atoms with van der Waals surface area (Å²) in [5, 5.41) is 14.1. The van der Waals surface area contributed by atoms with Crippen molar-refractivity contribution in [3.05, 3.63) is 65.2 Å². The molecule has 4 rings (SSSR count). The SMILES string of the molecule is O=C1CN(/N=C\c2cn(Cc3ccccc3)nc2-c2cccs2)C(=O)N1. The first kappa shape index (κ1) is 16.2. The standard InChI is InChI=1S/C18H15N5O2S/c24-16-12-23(18(25)20-16)19-9-14-11-22(10-13-5-2-1-3-6-13)21-17(14)15-7-4-8-26-15/h1-9,11H,10,12H2,(H,20,24,25)/b19-9-. The van der Waals surface area contributed by atoms with Gasteiger partial charge in [0.2, 0.25) is 5.91 Å². The van der Waals surface area contributed by atoms with Gasteiger partial charge in [0.15, 0.2) is 0 Å². The Hall–Kier alpha value is -3.26. The molecule has 8 heteroatoms. The smallest absolute Gasteiger partial charge is 0.275 e. The van der Waals surface area contributed by atoms with E-state index in [4.69, 9.17) is 0 Å². The lowest BCUT2D eigenvalue weighted by atomic mass is 10.2. The molecule has 26 heavy (non-hydrogen) atoms. The number of hydrogen-bond donors (Lipinski definition) is 1. The maximum absolute atomic E-state index is 11.6. The molecule has 0 radical (unpaired) electrons. The zero-order valence-corrected chi connectivity index (χ0v) is 14.5. The molecular formula is C18H15N5O2S. The number of hydrogen-bond acceptors (Lipinski definition) is 5. The summed E-state index contributed by atoms with van der Waals surface area (Å²) in [5.74, 6) is -0.356. The van der Waals surface area contributed by atoms with E-state index in [9.17, 15) is 9.59 Å². The maximum atomic E-state index is 11.6. The summed E-state index contributed by atoms with van der Waals surface area (Å²) in [6.45, 7) is 0.567. The second kappa shape index (κ2) is 6.93. The molecule has 1 saturated heterocycles. The molecule has 3 heterocycles. The third kappa shape index (κ3) is 3.40. The Balaban J connectivity index is 1.64. The first-order valence-electron chi connectivity index (χ1n) is 7.99. The molecule has 1 fully saturated rings. The molecule has 0 saturated carbocycles. The first-order valence-corrected chi connectivity index (χ1v) is 8.87. The summed E-state index contributed by atoms with van der Waals surface area (Å²) in [6, 6.07) is 13.5. The van der Waals surface area contributed by atoms with E-state index in [2.05, 4.69) is 15.5 Å². The van der Waals surface area contributed by atoms with Crippen molar-refractivity contribution in [2.75, 3.05) is 6.54 Å². The van der Waals surface area contributed by atoms with Crippen LogP contribution in [0.5, 0.6) is 0 Å². The van der Waals surface area contributed by atoms with Crippen LogP contribution in [0.3, 0.4) is 0 Å². The van der Waals surface area contributed by atoms with E-state index in [0.29, 0.717) is 6.54 Å². The highest BCUT2D eigenvalue weighted by molar-refractivity contribution is 7.13. The number of nitrogens with zero attached hydrogens (tertiary/aromatic N) is 4. The summed E-state index contributed by atoms with van der Waals surface area (Å²) >= 11 is 1.58. The predicted octanol–water partition coefficient (Wildman–Crippen LogP) is 2.55. The number of urea groups is 1. The highest BCUT2D eigenvalue weighted by Gasteiger charge is 2.26. The number of imide groups is 1. The van der Waals surface area contributed by atoms with Crippen molar-refractivity contribution in [2.24, 2.45) is 5.10 Å². The number of carbonyl (C=O) groups excluding carboxylic acids is 2. The molecule has 1 aromatic carbocycles. The number of benzene rings is 1. The predicted molar refractivity (Wildman–Crippen MR) is 98.9 cm³/mol. The van der Waals surface area contributed by atoms with Crippen molar-refractivity contribution >= 4 is 29.5 Å². The Morgan fingerprint density at radius 2 is 2.04 bits per heavy atom. The largest absolute Gasteiger partial charge is 0.344 e. The van der Waals surface area contributed by atoms with Gasteiger partial charge >= 0.3 is 6.03 Å². The topological polar surface area (TPSA) is 79.6 Å². The molecule has 7 nitrogen and oxygen atoms in total. The van der Waals surface area contributed by atoms with Gasteiger partial charge in [-0.15, -0.1) is 11.3 Å². The Morgan fingerprint density at radius 1 is 1.19 bits per heavy atom. The van der Waals surface area contributed by atoms with Gasteiger partial charge in [0.25, 0.3) is 0 Å². The number of thiophene rings is 1. The fourth-order valence-corrected chi connectivity index (χ4v) is 3.38. The van der Waals surface area contributed by atoms with Crippen LogP contribution in [-0.2, 0) is 11.3 Å². The molecule has 2 aromatic heterocycles. The maximum Gasteiger partial charge on any atom is 0.344 e. The molecule has 1 aliphatic rings. The number of amides is 3. The summed E-state index contributed by atoms with van der Waals surface area (Å²) in [7, 11) is 0. The second-order valence-electron chi connectivity index (χ2n) is 5.75. The van der Waals surface area contributed by atoms with Crippen LogP contribution in [0, 0.1) is 0 Å². The Labute approximate surface area is 153 Å². The van der Waals surface area contributed by atoms with E-state index in [1.165, 1.54) is 0 Å². The normalized spacial score (nSPS) is 14.4. The van der Waals surface area contributed by atoms with Crippen molar-refractivity contribution in [3.63, 3.8) is 0 Å². The van der Waals surface area contributed by atoms with Gasteiger partial charge < -0.3 is 0 Å². The monoisotopic (exact) mass is 365 g/mol. The first-order chi connectivity index (χ1) is 12.7. The van der Waals surface area contributed by atoms with Crippen molar-refractivity contribution in [2.45, 2.75) is 6.54 Å². The molecule has 0 aliphatic carbocycles. The van der Waals surface area contributed by atoms with Gasteiger partial charge in [-0.3, -0.25) is 14.8 Å². The van der Waals surface area contributed by atoms with E-state index in [1.54, 1.807) is 17.6 Å². The van der Waals surface area contributed by atoms with Crippen molar-refractivity contribution in [3.8, 4) is 10.6 Å². The number of carbonyl (C=O) groups is 2. The number of aromatic nitrogens is 2. The van der Waals surface area contributed by atoms with Crippen molar-refractivity contribution in [1.29, 1.82) is 0 Å². The van der Waals surface area contributed by atoms with Crippen LogP contribution < -0.4 is 5.32 Å². The second-order valence-corrected chi connectivity index (χ2v) is 6.70. The summed E-state index contributed by atoms with van der Waals surface area (Å²) in [4.78, 5) is 23.9. The minimum atomic E-state index is -0.513. The lowest BCUT2D eigenvalue weighted by Crippen LogP contribution is -2.24. The zero-order chi connectivity index (χ0) is 17.9. The fraction of sp³-hybridized carbons (Fsp3) is 0.111. The van der Waals surface area contributed by atoms with E-state index in [-0.39, 0.29) is 12.5 Å². The van der Waals surface area contributed by atoms with Crippen molar-refractivity contribution < 1.29 is 9.59 Å². The fourth-order valence-electron chi connectivity index (χ4n) is 2.64. The lowest BCUT2D eigenvalue weighted by Gasteiger charge is -2.03. The van der Waals surface area contributed by atoms with Crippen LogP contribution in [0.2, 0.25) is 0 Å². The summed E-state index contributed by atoms with van der Waals surface area (Å²) in [6.07, 6.45) is 3.46. The Morgan fingerprint density at radius 3 is 2.73 bits per heavy atom. The van der Waals surface area contributed by atoms with Crippen LogP contribution in [-0.4, -0.2) is 39.5 Å². The van der Waals surface area contributed by atoms with Gasteiger partial charge in [-0.05, 0) is 17.0 Å². The molecule has 3 amide bonds. The van der Waals surface area contributed by atoms with E-state index < -0.39 is 6.03 Å². The lowest BCUT2D eigenvalue weighted by molar-refractivity contribution is -0.118. The summed E-state index contributed by atoms with van der Waals surface area (Å²) < 4.78 is 1.85. The molecule has 0 unspecified atom stereocenters. The van der Waals surface area contributed by atoms with Crippen LogP contribution in [0.4, 0.5) is 4.79 Å². The average molecular weight is 365 g/mol. The number of hydrazone groups is 1. The minimum Gasteiger partial charge on any atom is -0.275 e. The van der Waals surface area contributed by atoms with Crippen molar-refractivity contribution in [1.82, 2.24) is 20.1 Å². The van der Waals surface area contributed by atoms with Gasteiger partial charge in [0, 0.05) is 11.8 Å². The molecule has 130 valence electrons. The molecular weight excluding hydrogens is 350 g/mol. The van der Waals surface area contributed by atoms with Crippen LogP contribution in [0.15, 0.2) is 59.1 Å². The number of rotatable bonds is 5. The van der Waals surface area contributed by atoms with Crippen LogP contribution in [0.1, 0.15) is 11.1 Å². The third-order valence-electron chi connectivity index (χ3n) is 3.84. The summed E-state index contributed by atoms with van der Waals surface area (Å²) in [5.41, 5.74) is 2.72. The molecule has 0 bridgehead atoms. The highest BCUT2D eigenvalue weighted by Crippen LogP contribution is 2.26. The average Bonchev–Trinajstić information content (AvgIpc) is 3.34. The Kier molecular flexibility index (Phi) is 4.32. The molecule has 1 N–H and O–H groups in total. The quantitative estimate of drug-likeness (QED) is 0.557. The van der Waals surface area contributed by atoms with E-state index in [1.807, 2.05) is 58.7 Å². The molecule has 3 aromatic rings. The van der Waals surface area contributed by atoms with Crippen LogP contribution in [0.25, 0.3) is 10.6 Å². The van der Waals surface area contributed by atoms with Gasteiger partial charge in [-0.1, -0.05) is 36.4 Å². The van der Waals surface area contributed by atoms with E-state index in [0.717, 1.165) is 26.7 Å². The minimum absolute atomic E-state index is 0.0676. The van der Waals surface area contributed by atoms with Gasteiger partial charge in [-0.2, -0.15) is 10.2 Å².